The van der Waals surface area contributed by atoms with Crippen molar-refractivity contribution in [2.24, 2.45) is 0 Å². The zero-order valence-electron chi connectivity index (χ0n) is 17.8. The van der Waals surface area contributed by atoms with Crippen molar-refractivity contribution in [1.29, 1.82) is 0 Å². The smallest absolute Gasteiger partial charge is 0.381 e. The summed E-state index contributed by atoms with van der Waals surface area (Å²) in [5, 5.41) is 10.9. The molecule has 1 atom stereocenters. The van der Waals surface area contributed by atoms with E-state index >= 15 is 0 Å². The number of aryl methyl sites for hydroxylation is 2. The predicted octanol–water partition coefficient (Wildman–Crippen LogP) is 7.26. The second kappa shape index (κ2) is 9.82. The van der Waals surface area contributed by atoms with Crippen LogP contribution in [-0.2, 0) is 15.5 Å². The van der Waals surface area contributed by atoms with Crippen LogP contribution in [0.5, 0.6) is 11.5 Å². The summed E-state index contributed by atoms with van der Waals surface area (Å²) < 4.78 is 25.2. The lowest BCUT2D eigenvalue weighted by molar-refractivity contribution is 0.310. The van der Waals surface area contributed by atoms with Crippen LogP contribution < -0.4 is 4.52 Å². The Morgan fingerprint density at radius 1 is 1.14 bits per heavy atom. The monoisotopic (exact) mass is 416 g/mol. The molecule has 0 heterocycles. The van der Waals surface area contributed by atoms with Crippen molar-refractivity contribution in [3.63, 3.8) is 0 Å². The molecule has 1 unspecified atom stereocenters. The van der Waals surface area contributed by atoms with Gasteiger partial charge < -0.3 is 14.2 Å². The highest BCUT2D eigenvalue weighted by atomic mass is 31.2. The van der Waals surface area contributed by atoms with Gasteiger partial charge in [-0.05, 0) is 55.9 Å². The van der Waals surface area contributed by atoms with Crippen LogP contribution in [0.15, 0.2) is 36.4 Å². The minimum atomic E-state index is -3.31. The zero-order chi connectivity index (χ0) is 20.9. The summed E-state index contributed by atoms with van der Waals surface area (Å²) >= 11 is 0. The van der Waals surface area contributed by atoms with Gasteiger partial charge >= 0.3 is 7.60 Å². The number of aromatic hydroxyl groups is 1. The van der Waals surface area contributed by atoms with Crippen molar-refractivity contribution < 1.29 is 18.7 Å². The lowest BCUT2D eigenvalue weighted by Crippen LogP contribution is -2.10. The van der Waals surface area contributed by atoms with Crippen LogP contribution in [0.3, 0.4) is 0 Å². The Hall–Kier alpha value is -1.77. The number of hydrogen-bond donors (Lipinski definition) is 1. The van der Waals surface area contributed by atoms with Crippen molar-refractivity contribution in [3.05, 3.63) is 47.5 Å². The fraction of sp³-hybridized carbons (Fsp3) is 0.500. The summed E-state index contributed by atoms with van der Waals surface area (Å²) in [6, 6.07) is 11.7. The zero-order valence-corrected chi connectivity index (χ0v) is 18.7. The molecule has 2 aromatic carbocycles. The Morgan fingerprint density at radius 3 is 2.55 bits per heavy atom. The molecule has 1 saturated carbocycles. The number of unbranched alkanes of at least 4 members (excludes halogenated alkanes) is 2. The van der Waals surface area contributed by atoms with E-state index in [1.54, 1.807) is 0 Å². The van der Waals surface area contributed by atoms with Gasteiger partial charge in [0.25, 0.3) is 0 Å². The molecule has 0 amide bonds. The van der Waals surface area contributed by atoms with Crippen molar-refractivity contribution in [1.82, 2.24) is 0 Å². The first kappa shape index (κ1) is 21.9. The highest BCUT2D eigenvalue weighted by molar-refractivity contribution is 7.55. The van der Waals surface area contributed by atoms with Crippen LogP contribution in [0.25, 0.3) is 11.1 Å². The molecule has 0 saturated heterocycles. The van der Waals surface area contributed by atoms with Crippen LogP contribution in [0.4, 0.5) is 0 Å². The van der Waals surface area contributed by atoms with E-state index in [0.29, 0.717) is 11.3 Å². The molecule has 0 spiro atoms. The van der Waals surface area contributed by atoms with E-state index < -0.39 is 7.60 Å². The third-order valence-corrected chi connectivity index (χ3v) is 8.14. The maximum atomic E-state index is 13.6. The Morgan fingerprint density at radius 2 is 1.90 bits per heavy atom. The molecule has 1 fully saturated rings. The summed E-state index contributed by atoms with van der Waals surface area (Å²) in [5.74, 6) is 0.618. The second-order valence-electron chi connectivity index (χ2n) is 8.07. The van der Waals surface area contributed by atoms with E-state index in [1.165, 1.54) is 7.11 Å². The lowest BCUT2D eigenvalue weighted by Gasteiger charge is -2.25. The first-order chi connectivity index (χ1) is 14.0. The van der Waals surface area contributed by atoms with Gasteiger partial charge in [0.2, 0.25) is 0 Å². The first-order valence-electron chi connectivity index (χ1n) is 10.7. The molecule has 158 valence electrons. The Labute approximate surface area is 174 Å². The van der Waals surface area contributed by atoms with Gasteiger partial charge in [-0.3, -0.25) is 0 Å². The average molecular weight is 416 g/mol. The molecule has 1 N–H and O–H groups in total. The maximum absolute atomic E-state index is 13.6. The van der Waals surface area contributed by atoms with Crippen molar-refractivity contribution in [2.75, 3.05) is 7.11 Å². The van der Waals surface area contributed by atoms with Crippen LogP contribution in [0, 0.1) is 6.92 Å². The number of benzene rings is 2. The van der Waals surface area contributed by atoms with Gasteiger partial charge in [0.05, 0.1) is 11.2 Å². The molecular weight excluding hydrogens is 383 g/mol. The van der Waals surface area contributed by atoms with Crippen LogP contribution in [-0.4, -0.2) is 17.9 Å². The van der Waals surface area contributed by atoms with Crippen molar-refractivity contribution in [3.8, 4) is 22.6 Å². The normalized spacial score (nSPS) is 16.7. The fourth-order valence-corrected chi connectivity index (χ4v) is 6.10. The van der Waals surface area contributed by atoms with Crippen LogP contribution in [0.2, 0.25) is 0 Å². The third kappa shape index (κ3) is 5.24. The van der Waals surface area contributed by atoms with E-state index in [9.17, 15) is 9.67 Å². The highest BCUT2D eigenvalue weighted by Gasteiger charge is 2.39. The summed E-state index contributed by atoms with van der Waals surface area (Å²) in [4.78, 5) is 0. The molecule has 3 rings (SSSR count). The van der Waals surface area contributed by atoms with Gasteiger partial charge in [0.1, 0.15) is 11.5 Å². The SMILES string of the molecule is CCCCCc1cc(O)c(-c2cccc(C)c2)c(OP(=O)(OC)C2CCCC2)c1. The van der Waals surface area contributed by atoms with E-state index in [4.69, 9.17) is 9.05 Å². The Balaban J connectivity index is 2.04. The van der Waals surface area contributed by atoms with E-state index in [0.717, 1.165) is 68.1 Å². The fourth-order valence-electron chi connectivity index (χ4n) is 4.16. The average Bonchev–Trinajstić information content (AvgIpc) is 3.23. The molecule has 0 radical (unpaired) electrons. The molecule has 0 bridgehead atoms. The van der Waals surface area contributed by atoms with Gasteiger partial charge in [-0.25, -0.2) is 4.57 Å². The summed E-state index contributed by atoms with van der Waals surface area (Å²) in [7, 11) is -1.84. The van der Waals surface area contributed by atoms with Crippen molar-refractivity contribution in [2.45, 2.75) is 70.9 Å². The van der Waals surface area contributed by atoms with E-state index in [2.05, 4.69) is 6.92 Å². The molecule has 4 nitrogen and oxygen atoms in total. The second-order valence-corrected chi connectivity index (χ2v) is 10.4. The Kier molecular flexibility index (Phi) is 7.43. The molecular formula is C24H33O4P. The quantitative estimate of drug-likeness (QED) is 0.345. The van der Waals surface area contributed by atoms with Gasteiger partial charge in [0, 0.05) is 7.11 Å². The Bertz CT molecular complexity index is 871. The van der Waals surface area contributed by atoms with Gasteiger partial charge in [-0.2, -0.15) is 0 Å². The minimum absolute atomic E-state index is 0.0799. The maximum Gasteiger partial charge on any atom is 0.381 e. The van der Waals surface area contributed by atoms with Gasteiger partial charge in [-0.15, -0.1) is 0 Å². The van der Waals surface area contributed by atoms with Crippen LogP contribution >= 0.6 is 7.60 Å². The number of phenols is 1. The predicted molar refractivity (Wildman–Crippen MR) is 119 cm³/mol. The molecule has 29 heavy (non-hydrogen) atoms. The standard InChI is InChI=1S/C24H33O4P/c1-4-5-6-11-19-16-22(25)24(20-12-9-10-18(2)15-20)23(17-19)28-29(26,27-3)21-13-7-8-14-21/h9-10,12,15-17,21,25H,4-8,11,13-14H2,1-3H3. The minimum Gasteiger partial charge on any atom is -0.507 e. The molecule has 0 aromatic heterocycles. The third-order valence-electron chi connectivity index (χ3n) is 5.77. The topological polar surface area (TPSA) is 55.8 Å². The number of phenolic OH excluding ortho intramolecular Hbond substituents is 1. The highest BCUT2D eigenvalue weighted by Crippen LogP contribution is 2.59. The van der Waals surface area contributed by atoms with Crippen molar-refractivity contribution >= 4 is 7.60 Å². The molecule has 2 aromatic rings. The van der Waals surface area contributed by atoms with Gasteiger partial charge in [-0.1, -0.05) is 62.4 Å². The van der Waals surface area contributed by atoms with Crippen LogP contribution in [0.1, 0.15) is 63.0 Å². The first-order valence-corrected chi connectivity index (χ1v) is 12.4. The molecule has 1 aliphatic rings. The largest absolute Gasteiger partial charge is 0.507 e. The molecule has 0 aliphatic heterocycles. The van der Waals surface area contributed by atoms with E-state index in [1.807, 2.05) is 43.3 Å². The van der Waals surface area contributed by atoms with E-state index in [-0.39, 0.29) is 11.4 Å². The number of hydrogen-bond acceptors (Lipinski definition) is 4. The summed E-state index contributed by atoms with van der Waals surface area (Å²) in [6.07, 6.45) is 7.98. The molecule has 5 heteroatoms. The summed E-state index contributed by atoms with van der Waals surface area (Å²) in [5.41, 5.74) is 3.45. The lowest BCUT2D eigenvalue weighted by atomic mass is 9.98. The summed E-state index contributed by atoms with van der Waals surface area (Å²) in [6.45, 7) is 4.18. The van der Waals surface area contributed by atoms with Gasteiger partial charge in [0.15, 0.2) is 0 Å². The number of rotatable bonds is 9. The molecule has 1 aliphatic carbocycles.